The van der Waals surface area contributed by atoms with Gasteiger partial charge in [0.15, 0.2) is 11.5 Å². The lowest BCUT2D eigenvalue weighted by molar-refractivity contribution is -0.136. The zero-order valence-corrected chi connectivity index (χ0v) is 19.6. The number of methoxy groups -OCH3 is 3. The second kappa shape index (κ2) is 11.5. The van der Waals surface area contributed by atoms with E-state index in [2.05, 4.69) is 0 Å². The number of rotatable bonds is 11. The van der Waals surface area contributed by atoms with E-state index in [1.54, 1.807) is 12.1 Å². The molecule has 2 rings (SSSR count). The molecule has 0 aliphatic carbocycles. The molecular weight excluding hydrogens is 469 g/mol. The van der Waals surface area contributed by atoms with Gasteiger partial charge in [-0.1, -0.05) is 29.3 Å². The van der Waals surface area contributed by atoms with Gasteiger partial charge in [-0.05, 0) is 35.9 Å². The van der Waals surface area contributed by atoms with Gasteiger partial charge in [-0.3, -0.25) is 4.79 Å². The standard InChI is InChI=1S/C20H23Cl2NO7S/c1-27-9-8-23(20(24)13-28-2)12-14-4-7-18(29-3)19(10-14)30-31(25,26)15-5-6-16(21)17(22)11-15/h4-7,10-11H,8-9,12-13H2,1-3H3. The van der Waals surface area contributed by atoms with Crippen LogP contribution in [-0.4, -0.2) is 60.3 Å². The molecule has 0 saturated carbocycles. The first-order valence-corrected chi connectivity index (χ1v) is 11.2. The molecule has 2 aromatic carbocycles. The molecule has 2 aromatic rings. The van der Waals surface area contributed by atoms with Crippen LogP contribution in [0.2, 0.25) is 10.0 Å². The second-order valence-corrected chi connectivity index (χ2v) is 8.70. The van der Waals surface area contributed by atoms with Crippen molar-refractivity contribution in [1.29, 1.82) is 0 Å². The molecule has 0 saturated heterocycles. The number of hydrogen-bond donors (Lipinski definition) is 0. The first-order chi connectivity index (χ1) is 14.7. The van der Waals surface area contributed by atoms with Crippen molar-refractivity contribution in [3.05, 3.63) is 52.0 Å². The number of amides is 1. The molecule has 0 N–H and O–H groups in total. The van der Waals surface area contributed by atoms with Gasteiger partial charge in [0.1, 0.15) is 11.5 Å². The average molecular weight is 492 g/mol. The molecular formula is C20H23Cl2NO7S. The van der Waals surface area contributed by atoms with Crippen LogP contribution in [0.3, 0.4) is 0 Å². The Balaban J connectivity index is 2.32. The summed E-state index contributed by atoms with van der Waals surface area (Å²) in [5.41, 5.74) is 0.626. The number of benzene rings is 2. The number of halogens is 2. The third-order valence-electron chi connectivity index (χ3n) is 4.17. The van der Waals surface area contributed by atoms with Gasteiger partial charge in [-0.2, -0.15) is 8.42 Å². The maximum atomic E-state index is 12.7. The monoisotopic (exact) mass is 491 g/mol. The van der Waals surface area contributed by atoms with E-state index in [0.717, 1.165) is 0 Å². The molecule has 0 atom stereocenters. The minimum absolute atomic E-state index is 0.0306. The first-order valence-electron chi connectivity index (χ1n) is 9.04. The Labute approximate surface area is 191 Å². The molecule has 31 heavy (non-hydrogen) atoms. The van der Waals surface area contributed by atoms with E-state index >= 15 is 0 Å². The summed E-state index contributed by atoms with van der Waals surface area (Å²) in [6, 6.07) is 8.61. The van der Waals surface area contributed by atoms with Crippen molar-refractivity contribution in [3.63, 3.8) is 0 Å². The molecule has 0 bridgehead atoms. The molecule has 0 fully saturated rings. The molecule has 0 unspecified atom stereocenters. The lowest BCUT2D eigenvalue weighted by Crippen LogP contribution is -2.35. The second-order valence-electron chi connectivity index (χ2n) is 6.34. The van der Waals surface area contributed by atoms with Crippen LogP contribution in [0.4, 0.5) is 0 Å². The Kier molecular flexibility index (Phi) is 9.39. The van der Waals surface area contributed by atoms with Crippen LogP contribution in [0, 0.1) is 0 Å². The summed E-state index contributed by atoms with van der Waals surface area (Å²) in [5.74, 6) is -0.0581. The minimum Gasteiger partial charge on any atom is -0.493 e. The van der Waals surface area contributed by atoms with Crippen molar-refractivity contribution in [2.75, 3.05) is 41.1 Å². The number of ether oxygens (including phenoxy) is 3. The molecule has 0 spiro atoms. The summed E-state index contributed by atoms with van der Waals surface area (Å²) in [6.45, 7) is 0.775. The number of hydrogen-bond acceptors (Lipinski definition) is 7. The Bertz CT molecular complexity index is 1010. The Morgan fingerprint density at radius 2 is 1.71 bits per heavy atom. The predicted octanol–water partition coefficient (Wildman–Crippen LogP) is 3.39. The van der Waals surface area contributed by atoms with Crippen molar-refractivity contribution >= 4 is 39.2 Å². The van der Waals surface area contributed by atoms with Gasteiger partial charge < -0.3 is 23.3 Å². The number of carbonyl (C=O) groups is 1. The summed E-state index contributed by atoms with van der Waals surface area (Å²) < 4.78 is 46.0. The normalized spacial score (nSPS) is 11.3. The Morgan fingerprint density at radius 3 is 2.32 bits per heavy atom. The van der Waals surface area contributed by atoms with Gasteiger partial charge in [0.2, 0.25) is 5.91 Å². The average Bonchev–Trinajstić information content (AvgIpc) is 2.73. The maximum absolute atomic E-state index is 12.7. The van der Waals surface area contributed by atoms with E-state index in [9.17, 15) is 13.2 Å². The van der Waals surface area contributed by atoms with Crippen LogP contribution < -0.4 is 8.92 Å². The lowest BCUT2D eigenvalue weighted by Gasteiger charge is -2.22. The van der Waals surface area contributed by atoms with E-state index < -0.39 is 10.1 Å². The maximum Gasteiger partial charge on any atom is 0.339 e. The van der Waals surface area contributed by atoms with Gasteiger partial charge in [-0.25, -0.2) is 0 Å². The summed E-state index contributed by atoms with van der Waals surface area (Å²) >= 11 is 11.8. The molecule has 0 heterocycles. The highest BCUT2D eigenvalue weighted by atomic mass is 35.5. The number of nitrogens with zero attached hydrogens (tertiary/aromatic N) is 1. The largest absolute Gasteiger partial charge is 0.493 e. The topological polar surface area (TPSA) is 91.4 Å². The molecule has 8 nitrogen and oxygen atoms in total. The Morgan fingerprint density at radius 1 is 0.968 bits per heavy atom. The highest BCUT2D eigenvalue weighted by Crippen LogP contribution is 2.32. The van der Waals surface area contributed by atoms with E-state index in [1.165, 1.54) is 50.5 Å². The zero-order valence-electron chi connectivity index (χ0n) is 17.3. The summed E-state index contributed by atoms with van der Waals surface area (Å²) in [5, 5.41) is 0.301. The predicted molar refractivity (Wildman–Crippen MR) is 116 cm³/mol. The fourth-order valence-corrected chi connectivity index (χ4v) is 3.93. The minimum atomic E-state index is -4.21. The molecule has 1 amide bonds. The summed E-state index contributed by atoms with van der Waals surface area (Å²) in [6.07, 6.45) is 0. The highest BCUT2D eigenvalue weighted by molar-refractivity contribution is 7.87. The smallest absolute Gasteiger partial charge is 0.339 e. The summed E-state index contributed by atoms with van der Waals surface area (Å²) in [7, 11) is 0.140. The van der Waals surface area contributed by atoms with Crippen LogP contribution in [-0.2, 0) is 30.9 Å². The Hall–Kier alpha value is -2.04. The van der Waals surface area contributed by atoms with Crippen molar-refractivity contribution < 1.29 is 31.6 Å². The third-order valence-corrected chi connectivity index (χ3v) is 6.14. The molecule has 11 heteroatoms. The van der Waals surface area contributed by atoms with Crippen LogP contribution in [0.25, 0.3) is 0 Å². The van der Waals surface area contributed by atoms with Crippen LogP contribution in [0.1, 0.15) is 5.56 Å². The summed E-state index contributed by atoms with van der Waals surface area (Å²) in [4.78, 5) is 13.7. The quantitative estimate of drug-likeness (QED) is 0.444. The SMILES string of the molecule is COCCN(Cc1ccc(OC)c(OS(=O)(=O)c2ccc(Cl)c(Cl)c2)c1)C(=O)COC. The van der Waals surface area contributed by atoms with Gasteiger partial charge in [0, 0.05) is 27.3 Å². The van der Waals surface area contributed by atoms with Gasteiger partial charge >= 0.3 is 10.1 Å². The highest BCUT2D eigenvalue weighted by Gasteiger charge is 2.21. The van der Waals surface area contributed by atoms with Crippen LogP contribution in [0.5, 0.6) is 11.5 Å². The van der Waals surface area contributed by atoms with Crippen molar-refractivity contribution in [2.24, 2.45) is 0 Å². The van der Waals surface area contributed by atoms with Gasteiger partial charge in [0.25, 0.3) is 0 Å². The zero-order chi connectivity index (χ0) is 23.0. The van der Waals surface area contributed by atoms with Crippen LogP contribution in [0.15, 0.2) is 41.3 Å². The molecule has 0 aromatic heterocycles. The van der Waals surface area contributed by atoms with E-state index in [4.69, 9.17) is 41.6 Å². The first kappa shape index (κ1) is 25.2. The van der Waals surface area contributed by atoms with E-state index in [-0.39, 0.29) is 45.5 Å². The lowest BCUT2D eigenvalue weighted by atomic mass is 10.2. The molecule has 170 valence electrons. The van der Waals surface area contributed by atoms with Crippen molar-refractivity contribution in [1.82, 2.24) is 4.90 Å². The third kappa shape index (κ3) is 6.98. The molecule has 0 aliphatic heterocycles. The fourth-order valence-electron chi connectivity index (χ4n) is 2.61. The number of carbonyl (C=O) groups excluding carboxylic acids is 1. The molecule has 0 aliphatic rings. The fraction of sp³-hybridized carbons (Fsp3) is 0.350. The van der Waals surface area contributed by atoms with Crippen LogP contribution >= 0.6 is 23.2 Å². The van der Waals surface area contributed by atoms with E-state index in [0.29, 0.717) is 18.7 Å². The molecule has 0 radical (unpaired) electrons. The van der Waals surface area contributed by atoms with Gasteiger partial charge in [0.05, 0.1) is 23.8 Å². The van der Waals surface area contributed by atoms with E-state index in [1.807, 2.05) is 0 Å². The van der Waals surface area contributed by atoms with Crippen molar-refractivity contribution in [3.8, 4) is 11.5 Å². The van der Waals surface area contributed by atoms with Gasteiger partial charge in [-0.15, -0.1) is 0 Å². The van der Waals surface area contributed by atoms with Crippen molar-refractivity contribution in [2.45, 2.75) is 11.4 Å².